The van der Waals surface area contributed by atoms with Gasteiger partial charge in [-0.15, -0.1) is 0 Å². The lowest BCUT2D eigenvalue weighted by molar-refractivity contribution is 0.411. The maximum absolute atomic E-state index is 5.74. The Morgan fingerprint density at radius 1 is 1.22 bits per heavy atom. The molecule has 0 aliphatic heterocycles. The Balaban J connectivity index is 2.60. The molecule has 1 aromatic carbocycles. The molecule has 4 nitrogen and oxygen atoms in total. The number of benzene rings is 1. The Bertz CT molecular complexity index is 573. The molecule has 0 fully saturated rings. The first-order chi connectivity index (χ1) is 8.56. The first kappa shape index (κ1) is 12.6. The topological polar surface area (TPSA) is 53.1 Å². The molecule has 96 valence electrons. The van der Waals surface area contributed by atoms with Crippen LogP contribution in [0.3, 0.4) is 0 Å². The van der Waals surface area contributed by atoms with E-state index in [9.17, 15) is 0 Å². The Kier molecular flexibility index (Phi) is 3.39. The number of nitrogens with zero attached hydrogens (tertiary/aromatic N) is 2. The highest BCUT2D eigenvalue weighted by Crippen LogP contribution is 2.31. The lowest BCUT2D eigenvalue weighted by Crippen LogP contribution is -2.00. The molecule has 0 amide bonds. The van der Waals surface area contributed by atoms with Crippen LogP contribution in [-0.4, -0.2) is 16.9 Å². The highest BCUT2D eigenvalue weighted by atomic mass is 16.5. The molecule has 0 unspecified atom stereocenters. The molecule has 0 bridgehead atoms. The van der Waals surface area contributed by atoms with E-state index >= 15 is 0 Å². The van der Waals surface area contributed by atoms with Crippen molar-refractivity contribution in [3.05, 3.63) is 35.2 Å². The van der Waals surface area contributed by atoms with E-state index in [0.29, 0.717) is 6.54 Å². The maximum Gasteiger partial charge on any atom is 0.122 e. The van der Waals surface area contributed by atoms with Crippen molar-refractivity contribution in [2.75, 3.05) is 7.11 Å². The van der Waals surface area contributed by atoms with E-state index in [2.05, 4.69) is 24.2 Å². The van der Waals surface area contributed by atoms with Crippen molar-refractivity contribution in [3.63, 3.8) is 0 Å². The van der Waals surface area contributed by atoms with Gasteiger partial charge in [-0.1, -0.05) is 0 Å². The van der Waals surface area contributed by atoms with Crippen LogP contribution >= 0.6 is 0 Å². The van der Waals surface area contributed by atoms with Crippen molar-refractivity contribution in [2.45, 2.75) is 20.4 Å². The van der Waals surface area contributed by atoms with E-state index in [1.807, 2.05) is 20.2 Å². The number of hydrogen-bond donors (Lipinski definition) is 1. The number of ether oxygens (including phenoxy) is 1. The van der Waals surface area contributed by atoms with Crippen molar-refractivity contribution in [1.29, 1.82) is 0 Å². The van der Waals surface area contributed by atoms with Gasteiger partial charge in [-0.25, -0.2) is 0 Å². The van der Waals surface area contributed by atoms with Crippen LogP contribution in [0.5, 0.6) is 5.75 Å². The van der Waals surface area contributed by atoms with E-state index in [1.54, 1.807) is 11.8 Å². The summed E-state index contributed by atoms with van der Waals surface area (Å²) < 4.78 is 7.14. The van der Waals surface area contributed by atoms with Crippen molar-refractivity contribution >= 4 is 0 Å². The predicted octanol–water partition coefficient (Wildman–Crippen LogP) is 2.17. The molecule has 2 aromatic rings. The van der Waals surface area contributed by atoms with Crippen LogP contribution in [0.4, 0.5) is 0 Å². The predicted molar refractivity (Wildman–Crippen MR) is 72.6 cm³/mol. The highest BCUT2D eigenvalue weighted by Gasteiger charge is 2.13. The van der Waals surface area contributed by atoms with Crippen molar-refractivity contribution in [3.8, 4) is 16.9 Å². The van der Waals surface area contributed by atoms with Crippen molar-refractivity contribution in [1.82, 2.24) is 9.78 Å². The summed E-state index contributed by atoms with van der Waals surface area (Å²) in [6.45, 7) is 4.56. The average molecular weight is 245 g/mol. The van der Waals surface area contributed by atoms with Gasteiger partial charge in [-0.05, 0) is 42.7 Å². The number of nitrogens with two attached hydrogens (primary N) is 1. The Morgan fingerprint density at radius 2 is 1.94 bits per heavy atom. The van der Waals surface area contributed by atoms with Gasteiger partial charge in [0, 0.05) is 25.4 Å². The van der Waals surface area contributed by atoms with Gasteiger partial charge in [0.15, 0.2) is 0 Å². The van der Waals surface area contributed by atoms with Gasteiger partial charge >= 0.3 is 0 Å². The standard InChI is InChI=1S/C14H19N3O/c1-9-6-14(18-4)10(2)5-11(9)12-8-17(3)16-13(12)7-15/h5-6,8H,7,15H2,1-4H3. The van der Waals surface area contributed by atoms with Gasteiger partial charge in [-0.3, -0.25) is 4.68 Å². The first-order valence-electron chi connectivity index (χ1n) is 5.95. The van der Waals surface area contributed by atoms with E-state index in [-0.39, 0.29) is 0 Å². The van der Waals surface area contributed by atoms with E-state index in [1.165, 1.54) is 11.1 Å². The monoisotopic (exact) mass is 245 g/mol. The molecule has 0 spiro atoms. The molecule has 4 heteroatoms. The second-order valence-corrected chi connectivity index (χ2v) is 4.50. The summed E-state index contributed by atoms with van der Waals surface area (Å²) in [4.78, 5) is 0. The molecule has 18 heavy (non-hydrogen) atoms. The molecular formula is C14H19N3O. The van der Waals surface area contributed by atoms with E-state index in [4.69, 9.17) is 10.5 Å². The zero-order valence-corrected chi connectivity index (χ0v) is 11.3. The van der Waals surface area contributed by atoms with Crippen LogP contribution in [0.1, 0.15) is 16.8 Å². The molecule has 0 saturated carbocycles. The molecule has 1 heterocycles. The molecule has 2 rings (SSSR count). The number of rotatable bonds is 3. The highest BCUT2D eigenvalue weighted by molar-refractivity contribution is 5.71. The van der Waals surface area contributed by atoms with E-state index < -0.39 is 0 Å². The lowest BCUT2D eigenvalue weighted by Gasteiger charge is -2.11. The number of aromatic nitrogens is 2. The van der Waals surface area contributed by atoms with Gasteiger partial charge in [0.25, 0.3) is 0 Å². The summed E-state index contributed by atoms with van der Waals surface area (Å²) in [7, 11) is 3.60. The van der Waals surface area contributed by atoms with Crippen LogP contribution in [0, 0.1) is 13.8 Å². The quantitative estimate of drug-likeness (QED) is 0.901. The second-order valence-electron chi connectivity index (χ2n) is 4.50. The van der Waals surface area contributed by atoms with Gasteiger partial charge in [0.2, 0.25) is 0 Å². The SMILES string of the molecule is COc1cc(C)c(-c2cn(C)nc2CN)cc1C. The summed E-state index contributed by atoms with van der Waals surface area (Å²) in [5.41, 5.74) is 11.2. The first-order valence-corrected chi connectivity index (χ1v) is 5.95. The smallest absolute Gasteiger partial charge is 0.122 e. The van der Waals surface area contributed by atoms with Crippen LogP contribution in [0.25, 0.3) is 11.1 Å². The normalized spacial score (nSPS) is 10.7. The summed E-state index contributed by atoms with van der Waals surface area (Å²) in [6, 6.07) is 4.18. The van der Waals surface area contributed by atoms with E-state index in [0.717, 1.165) is 22.6 Å². The maximum atomic E-state index is 5.74. The van der Waals surface area contributed by atoms with Gasteiger partial charge < -0.3 is 10.5 Å². The minimum atomic E-state index is 0.445. The fraction of sp³-hybridized carbons (Fsp3) is 0.357. The minimum Gasteiger partial charge on any atom is -0.496 e. The Labute approximate surface area is 107 Å². The van der Waals surface area contributed by atoms with Crippen LogP contribution < -0.4 is 10.5 Å². The molecule has 2 N–H and O–H groups in total. The third-order valence-corrected chi connectivity index (χ3v) is 3.13. The summed E-state index contributed by atoms with van der Waals surface area (Å²) in [5, 5.41) is 4.38. The lowest BCUT2D eigenvalue weighted by atomic mass is 9.98. The fourth-order valence-electron chi connectivity index (χ4n) is 2.21. The van der Waals surface area contributed by atoms with Crippen molar-refractivity contribution in [2.24, 2.45) is 12.8 Å². The second kappa shape index (κ2) is 4.82. The molecular weight excluding hydrogens is 226 g/mol. The number of hydrogen-bond acceptors (Lipinski definition) is 3. The van der Waals surface area contributed by atoms with Crippen LogP contribution in [0.2, 0.25) is 0 Å². The average Bonchev–Trinajstić information content (AvgIpc) is 2.72. The largest absolute Gasteiger partial charge is 0.496 e. The minimum absolute atomic E-state index is 0.445. The summed E-state index contributed by atoms with van der Waals surface area (Å²) in [5.74, 6) is 0.912. The van der Waals surface area contributed by atoms with Gasteiger partial charge in [-0.2, -0.15) is 5.10 Å². The molecule has 1 aromatic heterocycles. The van der Waals surface area contributed by atoms with Gasteiger partial charge in [0.1, 0.15) is 5.75 Å². The molecule has 0 atom stereocenters. The zero-order valence-electron chi connectivity index (χ0n) is 11.3. The van der Waals surface area contributed by atoms with Crippen LogP contribution in [0.15, 0.2) is 18.3 Å². The number of methoxy groups -OCH3 is 1. The molecule has 0 radical (unpaired) electrons. The number of aryl methyl sites for hydroxylation is 3. The Hall–Kier alpha value is -1.81. The third kappa shape index (κ3) is 2.11. The summed E-state index contributed by atoms with van der Waals surface area (Å²) in [6.07, 6.45) is 2.01. The zero-order chi connectivity index (χ0) is 13.3. The van der Waals surface area contributed by atoms with Crippen molar-refractivity contribution < 1.29 is 4.74 Å². The molecule has 0 saturated heterocycles. The Morgan fingerprint density at radius 3 is 2.56 bits per heavy atom. The fourth-order valence-corrected chi connectivity index (χ4v) is 2.21. The molecule has 0 aliphatic rings. The third-order valence-electron chi connectivity index (χ3n) is 3.13. The molecule has 0 aliphatic carbocycles. The van der Waals surface area contributed by atoms with Gasteiger partial charge in [0.05, 0.1) is 12.8 Å². The van der Waals surface area contributed by atoms with Crippen LogP contribution in [-0.2, 0) is 13.6 Å². The summed E-state index contributed by atoms with van der Waals surface area (Å²) >= 11 is 0.